The molecular formula is C15H23NO. The molecule has 0 aromatic heterocycles. The standard InChI is InChI=1S/C15H23NO/c1-2-10-16-15-5-3-4-13(15)11-12-6-8-14(17)9-7-12/h6-9,13,15-17H,2-5,10-11H2,1H3. The van der Waals surface area contributed by atoms with Crippen molar-refractivity contribution in [1.29, 1.82) is 0 Å². The zero-order valence-electron chi connectivity index (χ0n) is 10.7. The van der Waals surface area contributed by atoms with Crippen molar-refractivity contribution in [1.82, 2.24) is 5.32 Å². The molecule has 94 valence electrons. The van der Waals surface area contributed by atoms with Crippen molar-refractivity contribution in [3.05, 3.63) is 29.8 Å². The molecule has 0 saturated heterocycles. The van der Waals surface area contributed by atoms with E-state index in [9.17, 15) is 5.11 Å². The van der Waals surface area contributed by atoms with Gasteiger partial charge in [-0.1, -0.05) is 25.5 Å². The lowest BCUT2D eigenvalue weighted by molar-refractivity contribution is 0.398. The predicted octanol–water partition coefficient (Wildman–Crippen LogP) is 3.10. The Morgan fingerprint density at radius 2 is 2.00 bits per heavy atom. The van der Waals surface area contributed by atoms with Crippen molar-refractivity contribution < 1.29 is 5.11 Å². The quantitative estimate of drug-likeness (QED) is 0.819. The fourth-order valence-corrected chi connectivity index (χ4v) is 2.81. The van der Waals surface area contributed by atoms with Crippen LogP contribution in [-0.2, 0) is 6.42 Å². The second-order valence-corrected chi connectivity index (χ2v) is 5.12. The fraction of sp³-hybridized carbons (Fsp3) is 0.600. The summed E-state index contributed by atoms with van der Waals surface area (Å²) >= 11 is 0. The van der Waals surface area contributed by atoms with Gasteiger partial charge >= 0.3 is 0 Å². The second kappa shape index (κ2) is 6.06. The van der Waals surface area contributed by atoms with Crippen LogP contribution in [0.1, 0.15) is 38.2 Å². The molecule has 0 amide bonds. The molecule has 1 aliphatic rings. The Kier molecular flexibility index (Phi) is 4.43. The van der Waals surface area contributed by atoms with E-state index in [0.717, 1.165) is 18.9 Å². The Morgan fingerprint density at radius 3 is 2.71 bits per heavy atom. The maximum Gasteiger partial charge on any atom is 0.115 e. The summed E-state index contributed by atoms with van der Waals surface area (Å²) in [6.45, 7) is 3.35. The van der Waals surface area contributed by atoms with E-state index < -0.39 is 0 Å². The van der Waals surface area contributed by atoms with Crippen LogP contribution in [0.25, 0.3) is 0 Å². The highest BCUT2D eigenvalue weighted by molar-refractivity contribution is 5.26. The van der Waals surface area contributed by atoms with Crippen LogP contribution >= 0.6 is 0 Å². The van der Waals surface area contributed by atoms with Gasteiger partial charge in [-0.3, -0.25) is 0 Å². The summed E-state index contributed by atoms with van der Waals surface area (Å²) in [6, 6.07) is 8.37. The summed E-state index contributed by atoms with van der Waals surface area (Å²) in [6.07, 6.45) is 6.36. The van der Waals surface area contributed by atoms with E-state index in [2.05, 4.69) is 12.2 Å². The molecule has 0 radical (unpaired) electrons. The van der Waals surface area contributed by atoms with Crippen LogP contribution in [0.2, 0.25) is 0 Å². The molecule has 2 nitrogen and oxygen atoms in total. The number of hydrogen-bond donors (Lipinski definition) is 2. The van der Waals surface area contributed by atoms with Crippen molar-refractivity contribution in [2.24, 2.45) is 5.92 Å². The molecule has 1 aromatic rings. The van der Waals surface area contributed by atoms with Gasteiger partial charge in [-0.15, -0.1) is 0 Å². The van der Waals surface area contributed by atoms with Crippen LogP contribution in [0.4, 0.5) is 0 Å². The molecule has 0 bridgehead atoms. The highest BCUT2D eigenvalue weighted by Crippen LogP contribution is 2.29. The molecule has 0 heterocycles. The van der Waals surface area contributed by atoms with Gasteiger partial charge in [0.05, 0.1) is 0 Å². The molecule has 1 aliphatic carbocycles. The lowest BCUT2D eigenvalue weighted by Gasteiger charge is -2.21. The van der Waals surface area contributed by atoms with Crippen molar-refractivity contribution in [3.8, 4) is 5.75 Å². The molecule has 1 fully saturated rings. The minimum atomic E-state index is 0.362. The largest absolute Gasteiger partial charge is 0.508 e. The number of hydrogen-bond acceptors (Lipinski definition) is 2. The molecule has 1 aromatic carbocycles. The van der Waals surface area contributed by atoms with Gasteiger partial charge < -0.3 is 10.4 Å². The number of nitrogens with one attached hydrogen (secondary N) is 1. The molecule has 2 rings (SSSR count). The third-order valence-corrected chi connectivity index (χ3v) is 3.75. The summed E-state index contributed by atoms with van der Waals surface area (Å²) in [7, 11) is 0. The third kappa shape index (κ3) is 3.47. The summed E-state index contributed by atoms with van der Waals surface area (Å²) < 4.78 is 0. The lowest BCUT2D eigenvalue weighted by Crippen LogP contribution is -2.33. The van der Waals surface area contributed by atoms with E-state index in [0.29, 0.717) is 11.8 Å². The minimum absolute atomic E-state index is 0.362. The van der Waals surface area contributed by atoms with Gasteiger partial charge in [0.2, 0.25) is 0 Å². The molecule has 2 atom stereocenters. The topological polar surface area (TPSA) is 32.3 Å². The Morgan fingerprint density at radius 1 is 1.24 bits per heavy atom. The number of benzene rings is 1. The van der Waals surface area contributed by atoms with Crippen LogP contribution in [0.5, 0.6) is 5.75 Å². The van der Waals surface area contributed by atoms with Crippen molar-refractivity contribution >= 4 is 0 Å². The molecule has 0 spiro atoms. The molecule has 1 saturated carbocycles. The molecule has 2 unspecified atom stereocenters. The molecular weight excluding hydrogens is 210 g/mol. The number of phenolic OH excluding ortho intramolecular Hbond substituents is 1. The van der Waals surface area contributed by atoms with Crippen LogP contribution in [-0.4, -0.2) is 17.7 Å². The Balaban J connectivity index is 1.90. The first-order valence-corrected chi connectivity index (χ1v) is 6.81. The van der Waals surface area contributed by atoms with Crippen LogP contribution in [0.3, 0.4) is 0 Å². The van der Waals surface area contributed by atoms with Gasteiger partial charge in [-0.05, 0) is 55.8 Å². The fourth-order valence-electron chi connectivity index (χ4n) is 2.81. The number of aromatic hydroxyl groups is 1. The zero-order chi connectivity index (χ0) is 12.1. The van der Waals surface area contributed by atoms with Gasteiger partial charge in [0.25, 0.3) is 0 Å². The Hall–Kier alpha value is -1.02. The highest BCUT2D eigenvalue weighted by Gasteiger charge is 2.26. The first kappa shape index (κ1) is 12.4. The van der Waals surface area contributed by atoms with Crippen molar-refractivity contribution in [3.63, 3.8) is 0 Å². The van der Waals surface area contributed by atoms with Crippen LogP contribution in [0, 0.1) is 5.92 Å². The van der Waals surface area contributed by atoms with Gasteiger partial charge in [0.1, 0.15) is 5.75 Å². The zero-order valence-corrected chi connectivity index (χ0v) is 10.7. The van der Waals surface area contributed by atoms with E-state index in [1.807, 2.05) is 12.1 Å². The highest BCUT2D eigenvalue weighted by atomic mass is 16.3. The van der Waals surface area contributed by atoms with E-state index in [4.69, 9.17) is 0 Å². The minimum Gasteiger partial charge on any atom is -0.508 e. The lowest BCUT2D eigenvalue weighted by atomic mass is 9.94. The monoisotopic (exact) mass is 233 g/mol. The normalized spacial score (nSPS) is 24.1. The Labute approximate surface area is 104 Å². The number of rotatable bonds is 5. The van der Waals surface area contributed by atoms with E-state index in [1.54, 1.807) is 12.1 Å². The average Bonchev–Trinajstić information content (AvgIpc) is 2.77. The molecule has 2 heteroatoms. The SMILES string of the molecule is CCCNC1CCCC1Cc1ccc(O)cc1. The maximum absolute atomic E-state index is 9.27. The van der Waals surface area contributed by atoms with Gasteiger partial charge in [0.15, 0.2) is 0 Å². The molecule has 17 heavy (non-hydrogen) atoms. The van der Waals surface area contributed by atoms with E-state index in [-0.39, 0.29) is 0 Å². The van der Waals surface area contributed by atoms with Crippen LogP contribution in [0.15, 0.2) is 24.3 Å². The van der Waals surface area contributed by atoms with E-state index >= 15 is 0 Å². The number of phenols is 1. The summed E-state index contributed by atoms with van der Waals surface area (Å²) in [4.78, 5) is 0. The first-order chi connectivity index (χ1) is 8.29. The summed E-state index contributed by atoms with van der Waals surface area (Å²) in [5.74, 6) is 1.13. The average molecular weight is 233 g/mol. The van der Waals surface area contributed by atoms with Crippen LogP contribution < -0.4 is 5.32 Å². The van der Waals surface area contributed by atoms with Gasteiger partial charge in [-0.2, -0.15) is 0 Å². The summed E-state index contributed by atoms with van der Waals surface area (Å²) in [5.41, 5.74) is 1.35. The summed E-state index contributed by atoms with van der Waals surface area (Å²) in [5, 5.41) is 12.9. The first-order valence-electron chi connectivity index (χ1n) is 6.81. The molecule has 0 aliphatic heterocycles. The predicted molar refractivity (Wildman–Crippen MR) is 71.2 cm³/mol. The second-order valence-electron chi connectivity index (χ2n) is 5.12. The third-order valence-electron chi connectivity index (χ3n) is 3.75. The maximum atomic E-state index is 9.27. The molecule has 2 N–H and O–H groups in total. The van der Waals surface area contributed by atoms with Crippen molar-refractivity contribution in [2.45, 2.75) is 45.1 Å². The van der Waals surface area contributed by atoms with Crippen molar-refractivity contribution in [2.75, 3.05) is 6.54 Å². The van der Waals surface area contributed by atoms with Gasteiger partial charge in [0, 0.05) is 6.04 Å². The van der Waals surface area contributed by atoms with Gasteiger partial charge in [-0.25, -0.2) is 0 Å². The Bertz CT molecular complexity index is 333. The smallest absolute Gasteiger partial charge is 0.115 e. The van der Waals surface area contributed by atoms with E-state index in [1.165, 1.54) is 31.2 Å².